The van der Waals surface area contributed by atoms with Crippen LogP contribution in [0, 0.1) is 0 Å². The average Bonchev–Trinajstić information content (AvgIpc) is 2.85. The van der Waals surface area contributed by atoms with E-state index < -0.39 is 0 Å². The fourth-order valence-corrected chi connectivity index (χ4v) is 4.75. The zero-order valence-electron chi connectivity index (χ0n) is 12.7. The van der Waals surface area contributed by atoms with Crippen molar-refractivity contribution in [2.75, 3.05) is 0 Å². The standard InChI is InChI=1S/C17H27N3/c1-2-7-15-12-8-3-4-9-13(12)18-17-19-14-10-5-6-11-16(14)20(15)17/h14-16H,2-11H2,1H3,(H,18,19)/t14-,15-,16-/m0/s1. The highest BCUT2D eigenvalue weighted by molar-refractivity contribution is 5.86. The van der Waals surface area contributed by atoms with Crippen molar-refractivity contribution in [3.63, 3.8) is 0 Å². The lowest BCUT2D eigenvalue weighted by atomic mass is 9.84. The maximum absolute atomic E-state index is 5.05. The zero-order chi connectivity index (χ0) is 13.5. The van der Waals surface area contributed by atoms with E-state index in [0.29, 0.717) is 18.1 Å². The smallest absolute Gasteiger partial charge is 0.199 e. The summed E-state index contributed by atoms with van der Waals surface area (Å²) in [4.78, 5) is 7.74. The summed E-state index contributed by atoms with van der Waals surface area (Å²) in [6.07, 6.45) is 13.3. The third-order valence-corrected chi connectivity index (χ3v) is 5.66. The van der Waals surface area contributed by atoms with Crippen LogP contribution in [-0.2, 0) is 0 Å². The number of nitrogens with zero attached hydrogens (tertiary/aromatic N) is 2. The molecule has 4 rings (SSSR count). The first-order valence-corrected chi connectivity index (χ1v) is 8.73. The van der Waals surface area contributed by atoms with Crippen LogP contribution in [0.4, 0.5) is 0 Å². The molecule has 20 heavy (non-hydrogen) atoms. The molecule has 0 aromatic rings. The molecule has 0 bridgehead atoms. The monoisotopic (exact) mass is 273 g/mol. The Morgan fingerprint density at radius 1 is 1.15 bits per heavy atom. The van der Waals surface area contributed by atoms with Crippen LogP contribution in [0.2, 0.25) is 0 Å². The van der Waals surface area contributed by atoms with E-state index in [-0.39, 0.29) is 0 Å². The van der Waals surface area contributed by atoms with Gasteiger partial charge in [-0.2, -0.15) is 0 Å². The molecular weight excluding hydrogens is 246 g/mol. The topological polar surface area (TPSA) is 27.6 Å². The van der Waals surface area contributed by atoms with Crippen molar-refractivity contribution in [1.82, 2.24) is 10.2 Å². The molecule has 2 aliphatic carbocycles. The predicted octanol–water partition coefficient (Wildman–Crippen LogP) is 3.57. The van der Waals surface area contributed by atoms with Gasteiger partial charge in [0.25, 0.3) is 0 Å². The molecule has 0 unspecified atom stereocenters. The fourth-order valence-electron chi connectivity index (χ4n) is 4.75. The summed E-state index contributed by atoms with van der Waals surface area (Å²) in [5, 5.41) is 3.72. The van der Waals surface area contributed by atoms with Gasteiger partial charge in [0.2, 0.25) is 0 Å². The summed E-state index contributed by atoms with van der Waals surface area (Å²) in [6.45, 7) is 2.33. The number of fused-ring (bicyclic) bond motifs is 3. The van der Waals surface area contributed by atoms with Gasteiger partial charge in [-0.1, -0.05) is 26.2 Å². The van der Waals surface area contributed by atoms with Gasteiger partial charge in [0.05, 0.1) is 18.1 Å². The molecule has 1 N–H and O–H groups in total. The van der Waals surface area contributed by atoms with Gasteiger partial charge in [0, 0.05) is 5.70 Å². The summed E-state index contributed by atoms with van der Waals surface area (Å²) >= 11 is 0. The van der Waals surface area contributed by atoms with Gasteiger partial charge < -0.3 is 10.2 Å². The molecule has 4 aliphatic rings. The van der Waals surface area contributed by atoms with Crippen LogP contribution < -0.4 is 5.32 Å². The summed E-state index contributed by atoms with van der Waals surface area (Å²) in [7, 11) is 0. The Kier molecular flexibility index (Phi) is 3.24. The van der Waals surface area contributed by atoms with Gasteiger partial charge in [-0.15, -0.1) is 0 Å². The number of hydrogen-bond donors (Lipinski definition) is 1. The SMILES string of the molecule is CCC[C@H]1C2=C(CCCC2)NC2=N[C@H]3CCCC[C@@H]3N21. The average molecular weight is 273 g/mol. The van der Waals surface area contributed by atoms with E-state index in [1.165, 1.54) is 75.9 Å². The highest BCUT2D eigenvalue weighted by Gasteiger charge is 2.44. The van der Waals surface area contributed by atoms with Crippen molar-refractivity contribution in [1.29, 1.82) is 0 Å². The minimum Gasteiger partial charge on any atom is -0.331 e. The number of allylic oxidation sites excluding steroid dienone is 1. The van der Waals surface area contributed by atoms with Crippen LogP contribution in [0.5, 0.6) is 0 Å². The maximum Gasteiger partial charge on any atom is 0.199 e. The first-order valence-electron chi connectivity index (χ1n) is 8.73. The van der Waals surface area contributed by atoms with Gasteiger partial charge in [0.15, 0.2) is 5.96 Å². The number of nitrogens with one attached hydrogen (secondary N) is 1. The molecule has 3 atom stereocenters. The number of guanidine groups is 1. The van der Waals surface area contributed by atoms with Gasteiger partial charge in [-0.3, -0.25) is 0 Å². The second-order valence-electron chi connectivity index (χ2n) is 6.92. The van der Waals surface area contributed by atoms with Crippen LogP contribution in [0.1, 0.15) is 71.1 Å². The third-order valence-electron chi connectivity index (χ3n) is 5.66. The molecular formula is C17H27N3. The van der Waals surface area contributed by atoms with Crippen molar-refractivity contribution >= 4 is 5.96 Å². The highest BCUT2D eigenvalue weighted by atomic mass is 15.4. The largest absolute Gasteiger partial charge is 0.331 e. The predicted molar refractivity (Wildman–Crippen MR) is 82.6 cm³/mol. The molecule has 3 heteroatoms. The van der Waals surface area contributed by atoms with Gasteiger partial charge in [-0.25, -0.2) is 4.99 Å². The Balaban J connectivity index is 1.69. The van der Waals surface area contributed by atoms with E-state index in [1.54, 1.807) is 5.57 Å². The van der Waals surface area contributed by atoms with E-state index in [0.717, 1.165) is 0 Å². The summed E-state index contributed by atoms with van der Waals surface area (Å²) in [6, 6.07) is 1.93. The Bertz CT molecular complexity index is 451. The quantitative estimate of drug-likeness (QED) is 0.833. The Morgan fingerprint density at radius 3 is 2.90 bits per heavy atom. The number of hydrogen-bond acceptors (Lipinski definition) is 3. The molecule has 110 valence electrons. The normalized spacial score (nSPS) is 36.0. The lowest BCUT2D eigenvalue weighted by Crippen LogP contribution is -2.55. The molecule has 0 aromatic heterocycles. The summed E-state index contributed by atoms with van der Waals surface area (Å²) < 4.78 is 0. The lowest BCUT2D eigenvalue weighted by Gasteiger charge is -2.45. The van der Waals surface area contributed by atoms with Crippen LogP contribution in [-0.4, -0.2) is 29.0 Å². The maximum atomic E-state index is 5.05. The van der Waals surface area contributed by atoms with Gasteiger partial charge >= 0.3 is 0 Å². The minimum absolute atomic E-state index is 0.576. The minimum atomic E-state index is 0.576. The van der Waals surface area contributed by atoms with E-state index >= 15 is 0 Å². The molecule has 0 saturated heterocycles. The molecule has 0 spiro atoms. The summed E-state index contributed by atoms with van der Waals surface area (Å²) in [5.41, 5.74) is 3.26. The highest BCUT2D eigenvalue weighted by Crippen LogP contribution is 2.40. The van der Waals surface area contributed by atoms with Crippen LogP contribution in [0.3, 0.4) is 0 Å². The van der Waals surface area contributed by atoms with Crippen molar-refractivity contribution in [2.45, 2.75) is 89.3 Å². The van der Waals surface area contributed by atoms with Crippen molar-refractivity contribution in [2.24, 2.45) is 4.99 Å². The zero-order valence-corrected chi connectivity index (χ0v) is 12.7. The molecule has 1 fully saturated rings. The fraction of sp³-hybridized carbons (Fsp3) is 0.824. The third kappa shape index (κ3) is 1.89. The van der Waals surface area contributed by atoms with Crippen LogP contribution in [0.15, 0.2) is 16.3 Å². The second-order valence-corrected chi connectivity index (χ2v) is 6.92. The lowest BCUT2D eigenvalue weighted by molar-refractivity contribution is 0.191. The van der Waals surface area contributed by atoms with E-state index in [4.69, 9.17) is 4.99 Å². The van der Waals surface area contributed by atoms with Gasteiger partial charge in [0.1, 0.15) is 0 Å². The second kappa shape index (κ2) is 5.09. The summed E-state index contributed by atoms with van der Waals surface area (Å²) in [5.74, 6) is 1.22. The van der Waals surface area contributed by atoms with Gasteiger partial charge in [-0.05, 0) is 50.5 Å². The molecule has 2 heterocycles. The number of rotatable bonds is 2. The first kappa shape index (κ1) is 12.7. The first-order chi connectivity index (χ1) is 9.88. The molecule has 0 amide bonds. The number of aliphatic imine (C=N–C) groups is 1. The Hall–Kier alpha value is -0.990. The van der Waals surface area contributed by atoms with Crippen molar-refractivity contribution in [3.05, 3.63) is 11.3 Å². The van der Waals surface area contributed by atoms with E-state index in [2.05, 4.69) is 17.1 Å². The Morgan fingerprint density at radius 2 is 2.00 bits per heavy atom. The Labute approximate surface area is 122 Å². The molecule has 0 radical (unpaired) electrons. The van der Waals surface area contributed by atoms with E-state index in [1.807, 2.05) is 0 Å². The van der Waals surface area contributed by atoms with Crippen LogP contribution in [0.25, 0.3) is 0 Å². The molecule has 0 aromatic carbocycles. The van der Waals surface area contributed by atoms with Crippen molar-refractivity contribution < 1.29 is 0 Å². The molecule has 1 saturated carbocycles. The van der Waals surface area contributed by atoms with Crippen molar-refractivity contribution in [3.8, 4) is 0 Å². The van der Waals surface area contributed by atoms with Crippen LogP contribution >= 0.6 is 0 Å². The molecule has 3 nitrogen and oxygen atoms in total. The molecule has 2 aliphatic heterocycles. The van der Waals surface area contributed by atoms with E-state index in [9.17, 15) is 0 Å².